The lowest BCUT2D eigenvalue weighted by atomic mass is 10.0. The van der Waals surface area contributed by atoms with Crippen LogP contribution in [0, 0.1) is 26.7 Å². The van der Waals surface area contributed by atoms with Crippen molar-refractivity contribution in [2.75, 3.05) is 0 Å². The van der Waals surface area contributed by atoms with Crippen LogP contribution in [0.15, 0.2) is 12.1 Å². The van der Waals surface area contributed by atoms with Crippen LogP contribution >= 0.6 is 0 Å². The van der Waals surface area contributed by atoms with Crippen molar-refractivity contribution in [1.29, 1.82) is 0 Å². The van der Waals surface area contributed by atoms with Gasteiger partial charge in [-0.25, -0.2) is 0 Å². The highest BCUT2D eigenvalue weighted by Crippen LogP contribution is 2.26. The summed E-state index contributed by atoms with van der Waals surface area (Å²) in [5.74, 6) is -0.0107. The molecule has 0 fully saturated rings. The third kappa shape index (κ3) is 3.50. The first-order valence-corrected chi connectivity index (χ1v) is 7.83. The smallest absolute Gasteiger partial charge is 0.249 e. The molecular weight excluding hydrogens is 276 g/mol. The van der Waals surface area contributed by atoms with Gasteiger partial charge in [0.15, 0.2) is 0 Å². The van der Waals surface area contributed by atoms with Crippen LogP contribution in [0.5, 0.6) is 0 Å². The molecule has 0 spiro atoms. The first kappa shape index (κ1) is 16.6. The molecule has 3 N–H and O–H groups in total. The highest BCUT2D eigenvalue weighted by Gasteiger charge is 2.17. The highest BCUT2D eigenvalue weighted by molar-refractivity contribution is 5.88. The van der Waals surface area contributed by atoms with E-state index in [9.17, 15) is 9.90 Å². The van der Waals surface area contributed by atoms with Crippen LogP contribution in [0.3, 0.4) is 0 Å². The number of H-pyrrole nitrogens is 1. The second-order valence-electron chi connectivity index (χ2n) is 6.58. The Morgan fingerprint density at radius 1 is 1.27 bits per heavy atom. The van der Waals surface area contributed by atoms with Crippen molar-refractivity contribution in [3.05, 3.63) is 34.5 Å². The van der Waals surface area contributed by atoms with E-state index in [0.29, 0.717) is 18.9 Å². The molecule has 4 heteroatoms. The topological polar surface area (TPSA) is 65.1 Å². The van der Waals surface area contributed by atoms with Crippen molar-refractivity contribution < 1.29 is 9.90 Å². The fourth-order valence-electron chi connectivity index (χ4n) is 2.78. The summed E-state index contributed by atoms with van der Waals surface area (Å²) in [6, 6.07) is 4.24. The Morgan fingerprint density at radius 2 is 1.95 bits per heavy atom. The number of carbonyl (C=O) groups excluding carboxylic acids is 1. The van der Waals surface area contributed by atoms with Crippen molar-refractivity contribution in [2.45, 2.75) is 53.7 Å². The largest absolute Gasteiger partial charge is 0.383 e. The van der Waals surface area contributed by atoms with Crippen molar-refractivity contribution in [2.24, 2.45) is 5.92 Å². The number of aryl methyl sites for hydroxylation is 3. The minimum atomic E-state index is -0.938. The lowest BCUT2D eigenvalue weighted by Crippen LogP contribution is -2.35. The summed E-state index contributed by atoms with van der Waals surface area (Å²) in [6.07, 6.45) is -0.456. The van der Waals surface area contributed by atoms with Gasteiger partial charge in [0.25, 0.3) is 0 Å². The third-order valence-corrected chi connectivity index (χ3v) is 4.09. The molecule has 1 aromatic carbocycles. The molecule has 120 valence electrons. The number of benzene rings is 1. The SMILES string of the molecule is Cc1cc(CNC(=O)[C@H](O)CC(C)C)c2[nH]c(C)c(C)c2c1. The summed E-state index contributed by atoms with van der Waals surface area (Å²) in [4.78, 5) is 15.4. The molecule has 1 amide bonds. The van der Waals surface area contributed by atoms with Crippen molar-refractivity contribution in [3.8, 4) is 0 Å². The van der Waals surface area contributed by atoms with Gasteiger partial charge in [-0.1, -0.05) is 25.5 Å². The third-order valence-electron chi connectivity index (χ3n) is 4.09. The summed E-state index contributed by atoms with van der Waals surface area (Å²) in [6.45, 7) is 10.6. The molecule has 2 aromatic rings. The van der Waals surface area contributed by atoms with Crippen LogP contribution in [0.2, 0.25) is 0 Å². The summed E-state index contributed by atoms with van der Waals surface area (Å²) in [5, 5.41) is 13.9. The second kappa shape index (κ2) is 6.53. The van der Waals surface area contributed by atoms with Gasteiger partial charge in [-0.2, -0.15) is 0 Å². The first-order valence-electron chi connectivity index (χ1n) is 7.83. The Kier molecular flexibility index (Phi) is 4.91. The minimum Gasteiger partial charge on any atom is -0.383 e. The Labute approximate surface area is 131 Å². The maximum Gasteiger partial charge on any atom is 0.249 e. The minimum absolute atomic E-state index is 0.292. The van der Waals surface area contributed by atoms with E-state index in [0.717, 1.165) is 16.8 Å². The highest BCUT2D eigenvalue weighted by atomic mass is 16.3. The molecule has 22 heavy (non-hydrogen) atoms. The molecular formula is C18H26N2O2. The van der Waals surface area contributed by atoms with Gasteiger partial charge in [0, 0.05) is 17.6 Å². The normalized spacial score (nSPS) is 12.9. The van der Waals surface area contributed by atoms with Crippen LogP contribution < -0.4 is 5.32 Å². The van der Waals surface area contributed by atoms with Gasteiger partial charge in [0.05, 0.1) is 5.52 Å². The molecule has 0 unspecified atom stereocenters. The van der Waals surface area contributed by atoms with Crippen molar-refractivity contribution in [1.82, 2.24) is 10.3 Å². The van der Waals surface area contributed by atoms with Crippen LogP contribution in [0.4, 0.5) is 0 Å². The molecule has 0 aliphatic rings. The van der Waals surface area contributed by atoms with E-state index < -0.39 is 6.10 Å². The number of aliphatic hydroxyl groups is 1. The molecule has 2 rings (SSSR count). The van der Waals surface area contributed by atoms with E-state index in [-0.39, 0.29) is 5.91 Å². The predicted molar refractivity (Wildman–Crippen MR) is 89.8 cm³/mol. The van der Waals surface area contributed by atoms with Crippen LogP contribution in [0.25, 0.3) is 10.9 Å². The number of rotatable bonds is 5. The second-order valence-corrected chi connectivity index (χ2v) is 6.58. The Balaban J connectivity index is 2.18. The molecule has 1 atom stereocenters. The zero-order chi connectivity index (χ0) is 16.4. The average molecular weight is 302 g/mol. The van der Waals surface area contributed by atoms with Gasteiger partial charge in [0.1, 0.15) is 6.10 Å². The lowest BCUT2D eigenvalue weighted by molar-refractivity contribution is -0.130. The molecule has 0 aliphatic carbocycles. The molecule has 0 saturated carbocycles. The number of fused-ring (bicyclic) bond motifs is 1. The zero-order valence-corrected chi connectivity index (χ0v) is 14.1. The quantitative estimate of drug-likeness (QED) is 0.794. The first-order chi connectivity index (χ1) is 10.3. The lowest BCUT2D eigenvalue weighted by Gasteiger charge is -2.14. The van der Waals surface area contributed by atoms with Crippen LogP contribution in [-0.4, -0.2) is 22.1 Å². The number of hydrogen-bond donors (Lipinski definition) is 3. The van der Waals surface area contributed by atoms with E-state index in [1.165, 1.54) is 16.5 Å². The standard InChI is InChI=1S/C18H26N2O2/c1-10(2)6-16(21)18(22)19-9-14-7-11(3)8-15-12(4)13(5)20-17(14)15/h7-8,10,16,20-21H,6,9H2,1-5H3,(H,19,22)/t16-/m1/s1. The Bertz CT molecular complexity index is 686. The fraction of sp³-hybridized carbons (Fsp3) is 0.500. The molecule has 0 saturated heterocycles. The van der Waals surface area contributed by atoms with Gasteiger partial charge in [-0.3, -0.25) is 4.79 Å². The molecule has 0 aliphatic heterocycles. The van der Waals surface area contributed by atoms with Crippen molar-refractivity contribution in [3.63, 3.8) is 0 Å². The Hall–Kier alpha value is -1.81. The number of aromatic nitrogens is 1. The van der Waals surface area contributed by atoms with Gasteiger partial charge in [0.2, 0.25) is 5.91 Å². The van der Waals surface area contributed by atoms with E-state index in [1.54, 1.807) is 0 Å². The number of nitrogens with one attached hydrogen (secondary N) is 2. The van der Waals surface area contributed by atoms with Crippen LogP contribution in [0.1, 0.15) is 42.7 Å². The van der Waals surface area contributed by atoms with E-state index in [2.05, 4.69) is 43.2 Å². The van der Waals surface area contributed by atoms with Gasteiger partial charge < -0.3 is 15.4 Å². The maximum absolute atomic E-state index is 12.0. The predicted octanol–water partition coefficient (Wildman–Crippen LogP) is 3.12. The molecule has 0 bridgehead atoms. The van der Waals surface area contributed by atoms with Gasteiger partial charge in [-0.15, -0.1) is 0 Å². The zero-order valence-electron chi connectivity index (χ0n) is 14.1. The number of hydrogen-bond acceptors (Lipinski definition) is 2. The maximum atomic E-state index is 12.0. The summed E-state index contributed by atoms with van der Waals surface area (Å²) in [7, 11) is 0. The summed E-state index contributed by atoms with van der Waals surface area (Å²) < 4.78 is 0. The van der Waals surface area contributed by atoms with Crippen molar-refractivity contribution >= 4 is 16.8 Å². The van der Waals surface area contributed by atoms with Gasteiger partial charge in [-0.05, 0) is 50.3 Å². The van der Waals surface area contributed by atoms with E-state index in [1.807, 2.05) is 13.8 Å². The fourth-order valence-corrected chi connectivity index (χ4v) is 2.78. The molecule has 1 heterocycles. The number of carbonyl (C=O) groups is 1. The van der Waals surface area contributed by atoms with Crippen LogP contribution in [-0.2, 0) is 11.3 Å². The molecule has 4 nitrogen and oxygen atoms in total. The van der Waals surface area contributed by atoms with E-state index >= 15 is 0 Å². The van der Waals surface area contributed by atoms with Gasteiger partial charge >= 0.3 is 0 Å². The molecule has 1 aromatic heterocycles. The van der Waals surface area contributed by atoms with E-state index in [4.69, 9.17) is 0 Å². The monoisotopic (exact) mass is 302 g/mol. The summed E-state index contributed by atoms with van der Waals surface area (Å²) in [5.41, 5.74) is 5.68. The molecule has 0 radical (unpaired) electrons. The average Bonchev–Trinajstić information content (AvgIpc) is 2.71. The number of aromatic amines is 1. The number of aliphatic hydroxyl groups excluding tert-OH is 1. The Morgan fingerprint density at radius 3 is 2.59 bits per heavy atom. The summed E-state index contributed by atoms with van der Waals surface area (Å²) >= 11 is 0. The number of amides is 1.